The minimum absolute atomic E-state index is 0.282. The molecule has 1 heterocycles. The molecule has 0 aliphatic heterocycles. The fourth-order valence-corrected chi connectivity index (χ4v) is 4.08. The summed E-state index contributed by atoms with van der Waals surface area (Å²) in [5.74, 6) is 2.59. The van der Waals surface area contributed by atoms with Crippen molar-refractivity contribution in [2.75, 3.05) is 11.5 Å². The van der Waals surface area contributed by atoms with Gasteiger partial charge in [-0.3, -0.25) is 4.98 Å². The first-order chi connectivity index (χ1) is 9.54. The van der Waals surface area contributed by atoms with E-state index < -0.39 is 0 Å². The molecule has 0 atom stereocenters. The largest absolute Gasteiger partial charge is 0.260 e. The molecule has 20 heavy (non-hydrogen) atoms. The fraction of sp³-hybridized carbons (Fsp3) is 0.625. The third-order valence-electron chi connectivity index (χ3n) is 3.89. The average molecular weight is 306 g/mol. The van der Waals surface area contributed by atoms with E-state index in [9.17, 15) is 5.26 Å². The average Bonchev–Trinajstić information content (AvgIpc) is 2.41. The van der Waals surface area contributed by atoms with Gasteiger partial charge in [-0.1, -0.05) is 20.3 Å². The van der Waals surface area contributed by atoms with Crippen LogP contribution in [0.5, 0.6) is 0 Å². The van der Waals surface area contributed by atoms with Gasteiger partial charge in [0.25, 0.3) is 0 Å². The van der Waals surface area contributed by atoms with Crippen molar-refractivity contribution in [2.24, 2.45) is 0 Å². The SMILES string of the molecule is CC(C)c1cc(CCSCC2(S)CCC2)c(C#N)cn1. The summed E-state index contributed by atoms with van der Waals surface area (Å²) in [6.07, 6.45) is 6.49. The lowest BCUT2D eigenvalue weighted by molar-refractivity contribution is 0.402. The quantitative estimate of drug-likeness (QED) is 0.632. The van der Waals surface area contributed by atoms with E-state index in [1.165, 1.54) is 19.3 Å². The van der Waals surface area contributed by atoms with Crippen molar-refractivity contribution >= 4 is 24.4 Å². The predicted octanol–water partition coefficient (Wildman–Crippen LogP) is 4.20. The monoisotopic (exact) mass is 306 g/mol. The molecule has 0 amide bonds. The van der Waals surface area contributed by atoms with Crippen LogP contribution < -0.4 is 0 Å². The molecule has 1 aliphatic rings. The van der Waals surface area contributed by atoms with Gasteiger partial charge in [0, 0.05) is 22.4 Å². The topological polar surface area (TPSA) is 36.7 Å². The van der Waals surface area contributed by atoms with Crippen LogP contribution in [0.4, 0.5) is 0 Å². The van der Waals surface area contributed by atoms with Crippen molar-refractivity contribution in [3.05, 3.63) is 29.1 Å². The van der Waals surface area contributed by atoms with Crippen LogP contribution in [0.1, 0.15) is 55.8 Å². The Balaban J connectivity index is 1.90. The zero-order valence-corrected chi connectivity index (χ0v) is 13.9. The van der Waals surface area contributed by atoms with E-state index in [2.05, 4.69) is 31.0 Å². The summed E-state index contributed by atoms with van der Waals surface area (Å²) in [5, 5.41) is 9.17. The standard InChI is InChI=1S/C16H22N2S2/c1-12(2)15-8-13(14(9-17)10-18-15)4-7-20-11-16(19)5-3-6-16/h8,10,12,19H,3-7,11H2,1-2H3. The number of rotatable bonds is 6. The number of nitriles is 1. The number of pyridine rings is 1. The summed E-state index contributed by atoms with van der Waals surface area (Å²) < 4.78 is 0.282. The van der Waals surface area contributed by atoms with Gasteiger partial charge < -0.3 is 0 Å². The van der Waals surface area contributed by atoms with Gasteiger partial charge in [-0.25, -0.2) is 0 Å². The third kappa shape index (κ3) is 3.93. The first kappa shape index (κ1) is 15.7. The van der Waals surface area contributed by atoms with E-state index in [-0.39, 0.29) is 4.75 Å². The lowest BCUT2D eigenvalue weighted by Gasteiger charge is -2.36. The molecule has 2 rings (SSSR count). The van der Waals surface area contributed by atoms with Gasteiger partial charge in [-0.2, -0.15) is 29.7 Å². The van der Waals surface area contributed by atoms with Crippen molar-refractivity contribution in [3.8, 4) is 6.07 Å². The summed E-state index contributed by atoms with van der Waals surface area (Å²) in [6, 6.07) is 4.36. The van der Waals surface area contributed by atoms with Crippen molar-refractivity contribution in [1.82, 2.24) is 4.98 Å². The molecule has 0 saturated heterocycles. The number of hydrogen-bond donors (Lipinski definition) is 1. The van der Waals surface area contributed by atoms with E-state index in [0.29, 0.717) is 5.92 Å². The molecule has 1 fully saturated rings. The van der Waals surface area contributed by atoms with Crippen LogP contribution in [0.15, 0.2) is 12.3 Å². The molecule has 0 radical (unpaired) electrons. The molecule has 1 aromatic heterocycles. The Labute approximate surface area is 131 Å². The number of hydrogen-bond acceptors (Lipinski definition) is 4. The van der Waals surface area contributed by atoms with Gasteiger partial charge in [0.1, 0.15) is 6.07 Å². The molecule has 2 nitrogen and oxygen atoms in total. The lowest BCUT2D eigenvalue weighted by atomic mass is 9.86. The number of thioether (sulfide) groups is 1. The summed E-state index contributed by atoms with van der Waals surface area (Å²) in [5.41, 5.74) is 2.94. The first-order valence-corrected chi connectivity index (χ1v) is 8.83. The summed E-state index contributed by atoms with van der Waals surface area (Å²) in [7, 11) is 0. The van der Waals surface area contributed by atoms with E-state index in [1.807, 2.05) is 11.8 Å². The van der Waals surface area contributed by atoms with Crippen molar-refractivity contribution in [1.29, 1.82) is 5.26 Å². The van der Waals surface area contributed by atoms with Gasteiger partial charge in [0.05, 0.1) is 5.56 Å². The molecule has 0 bridgehead atoms. The van der Waals surface area contributed by atoms with Gasteiger partial charge >= 0.3 is 0 Å². The zero-order valence-electron chi connectivity index (χ0n) is 12.2. The second-order valence-electron chi connectivity index (χ2n) is 5.91. The van der Waals surface area contributed by atoms with Crippen molar-refractivity contribution < 1.29 is 0 Å². The van der Waals surface area contributed by atoms with Crippen LogP contribution in [0.2, 0.25) is 0 Å². The van der Waals surface area contributed by atoms with Gasteiger partial charge in [-0.15, -0.1) is 0 Å². The molecule has 0 spiro atoms. The van der Waals surface area contributed by atoms with Gasteiger partial charge in [0.2, 0.25) is 0 Å². The fourth-order valence-electron chi connectivity index (χ4n) is 2.31. The molecular formula is C16H22N2S2. The molecule has 0 N–H and O–H groups in total. The Morgan fingerprint density at radius 1 is 1.50 bits per heavy atom. The third-order valence-corrected chi connectivity index (χ3v) is 5.96. The Morgan fingerprint density at radius 3 is 2.80 bits per heavy atom. The van der Waals surface area contributed by atoms with E-state index in [1.54, 1.807) is 6.20 Å². The summed E-state index contributed by atoms with van der Waals surface area (Å²) >= 11 is 6.69. The first-order valence-electron chi connectivity index (χ1n) is 7.23. The highest BCUT2D eigenvalue weighted by Gasteiger charge is 2.32. The highest BCUT2D eigenvalue weighted by atomic mass is 32.2. The highest BCUT2D eigenvalue weighted by molar-refractivity contribution is 8.00. The number of thiol groups is 1. The van der Waals surface area contributed by atoms with E-state index in [4.69, 9.17) is 12.6 Å². The molecular weight excluding hydrogens is 284 g/mol. The van der Waals surface area contributed by atoms with Gasteiger partial charge in [0.15, 0.2) is 0 Å². The Morgan fingerprint density at radius 2 is 2.25 bits per heavy atom. The Bertz CT molecular complexity index is 502. The molecule has 4 heteroatoms. The maximum Gasteiger partial charge on any atom is 0.101 e. The van der Waals surface area contributed by atoms with Gasteiger partial charge in [-0.05, 0) is 42.6 Å². The van der Waals surface area contributed by atoms with Crippen molar-refractivity contribution in [3.63, 3.8) is 0 Å². The molecule has 1 aromatic rings. The minimum Gasteiger partial charge on any atom is -0.260 e. The molecule has 108 valence electrons. The minimum atomic E-state index is 0.282. The predicted molar refractivity (Wildman–Crippen MR) is 89.6 cm³/mol. The molecule has 0 aromatic carbocycles. The van der Waals surface area contributed by atoms with E-state index >= 15 is 0 Å². The summed E-state index contributed by atoms with van der Waals surface area (Å²) in [4.78, 5) is 4.36. The Kier molecular flexibility index (Phi) is 5.40. The van der Waals surface area contributed by atoms with Crippen LogP contribution >= 0.6 is 24.4 Å². The van der Waals surface area contributed by atoms with Crippen LogP contribution in [0.25, 0.3) is 0 Å². The molecule has 1 aliphatic carbocycles. The smallest absolute Gasteiger partial charge is 0.101 e. The molecule has 0 unspecified atom stereocenters. The Hall–Kier alpha value is -0.660. The van der Waals surface area contributed by atoms with Crippen LogP contribution in [-0.4, -0.2) is 21.2 Å². The maximum atomic E-state index is 9.17. The van der Waals surface area contributed by atoms with Crippen LogP contribution in [-0.2, 0) is 6.42 Å². The molecule has 1 saturated carbocycles. The number of nitrogens with zero attached hydrogens (tertiary/aromatic N) is 2. The lowest BCUT2D eigenvalue weighted by Crippen LogP contribution is -2.33. The van der Waals surface area contributed by atoms with E-state index in [0.717, 1.165) is 34.7 Å². The summed E-state index contributed by atoms with van der Waals surface area (Å²) in [6.45, 7) is 4.27. The maximum absolute atomic E-state index is 9.17. The number of aromatic nitrogens is 1. The zero-order chi connectivity index (χ0) is 14.6. The van der Waals surface area contributed by atoms with Crippen LogP contribution in [0.3, 0.4) is 0 Å². The normalized spacial score (nSPS) is 16.8. The van der Waals surface area contributed by atoms with Crippen LogP contribution in [0, 0.1) is 11.3 Å². The van der Waals surface area contributed by atoms with Crippen molar-refractivity contribution in [2.45, 2.75) is 50.2 Å². The second-order valence-corrected chi connectivity index (χ2v) is 7.97. The second kappa shape index (κ2) is 6.87. The number of aryl methyl sites for hydroxylation is 1. The highest BCUT2D eigenvalue weighted by Crippen LogP contribution is 2.40.